The lowest BCUT2D eigenvalue weighted by Gasteiger charge is -2.12. The number of para-hydroxylation sites is 1. The molecule has 0 saturated heterocycles. The van der Waals surface area contributed by atoms with Crippen LogP contribution < -0.4 is 4.74 Å². The van der Waals surface area contributed by atoms with Crippen molar-refractivity contribution in [2.75, 3.05) is 6.26 Å². The largest absolute Gasteiger partial charge is 0.456 e. The molecule has 0 amide bonds. The number of hydrogen-bond donors (Lipinski definition) is 0. The Morgan fingerprint density at radius 2 is 1.94 bits per heavy atom. The molecule has 0 aliphatic heterocycles. The second-order valence-electron chi connectivity index (χ2n) is 3.64. The zero-order valence-corrected chi connectivity index (χ0v) is 13.0. The van der Waals surface area contributed by atoms with Gasteiger partial charge in [-0.2, -0.15) is 0 Å². The lowest BCUT2D eigenvalue weighted by Crippen LogP contribution is -1.91. The molecule has 2 rings (SSSR count). The van der Waals surface area contributed by atoms with Crippen LogP contribution in [0.15, 0.2) is 51.8 Å². The van der Waals surface area contributed by atoms with E-state index in [1.807, 2.05) is 48.7 Å². The van der Waals surface area contributed by atoms with Gasteiger partial charge in [0.15, 0.2) is 0 Å². The number of halogens is 2. The predicted molar refractivity (Wildman–Crippen MR) is 82.0 cm³/mol. The monoisotopic (exact) mass is 342 g/mol. The molecule has 0 aliphatic rings. The van der Waals surface area contributed by atoms with Crippen LogP contribution in [-0.2, 0) is 5.88 Å². The lowest BCUT2D eigenvalue weighted by atomic mass is 10.2. The molecule has 2 aromatic rings. The van der Waals surface area contributed by atoms with E-state index in [1.54, 1.807) is 11.8 Å². The van der Waals surface area contributed by atoms with Gasteiger partial charge < -0.3 is 4.74 Å². The number of rotatable bonds is 4. The second kappa shape index (κ2) is 6.50. The number of alkyl halides is 1. The van der Waals surface area contributed by atoms with Crippen LogP contribution in [0.25, 0.3) is 0 Å². The molecule has 94 valence electrons. The van der Waals surface area contributed by atoms with Gasteiger partial charge in [0, 0.05) is 14.9 Å². The van der Waals surface area contributed by atoms with E-state index < -0.39 is 0 Å². The SMILES string of the molecule is CSc1ccccc1Oc1ccc(Br)cc1CCl. The zero-order chi connectivity index (χ0) is 13.0. The van der Waals surface area contributed by atoms with Crippen LogP contribution >= 0.6 is 39.3 Å². The first-order valence-electron chi connectivity index (χ1n) is 5.40. The first-order chi connectivity index (χ1) is 8.74. The maximum Gasteiger partial charge on any atom is 0.140 e. The molecule has 0 fully saturated rings. The summed E-state index contributed by atoms with van der Waals surface area (Å²) in [5.41, 5.74) is 0.974. The molecule has 18 heavy (non-hydrogen) atoms. The Balaban J connectivity index is 2.33. The van der Waals surface area contributed by atoms with Gasteiger partial charge >= 0.3 is 0 Å². The molecule has 0 atom stereocenters. The average molecular weight is 344 g/mol. The minimum Gasteiger partial charge on any atom is -0.456 e. The van der Waals surface area contributed by atoms with Gasteiger partial charge in [0.2, 0.25) is 0 Å². The predicted octanol–water partition coefficient (Wildman–Crippen LogP) is 5.70. The van der Waals surface area contributed by atoms with E-state index in [1.165, 1.54) is 0 Å². The van der Waals surface area contributed by atoms with Gasteiger partial charge in [-0.3, -0.25) is 0 Å². The fourth-order valence-electron chi connectivity index (χ4n) is 1.57. The minimum absolute atomic E-state index is 0.427. The van der Waals surface area contributed by atoms with Gasteiger partial charge in [0.05, 0.1) is 5.88 Å². The summed E-state index contributed by atoms with van der Waals surface area (Å²) in [5.74, 6) is 2.09. The van der Waals surface area contributed by atoms with Crippen molar-refractivity contribution in [1.29, 1.82) is 0 Å². The summed E-state index contributed by atoms with van der Waals surface area (Å²) < 4.78 is 6.95. The van der Waals surface area contributed by atoms with Crippen molar-refractivity contribution in [1.82, 2.24) is 0 Å². The van der Waals surface area contributed by atoms with E-state index in [-0.39, 0.29) is 0 Å². The molecule has 0 saturated carbocycles. The van der Waals surface area contributed by atoms with Crippen LogP contribution in [0.5, 0.6) is 11.5 Å². The molecule has 0 aliphatic carbocycles. The number of benzene rings is 2. The fraction of sp³-hybridized carbons (Fsp3) is 0.143. The standard InChI is InChI=1S/C14H12BrClOS/c1-18-14-5-3-2-4-13(14)17-12-7-6-11(15)8-10(12)9-16/h2-8H,9H2,1H3. The summed E-state index contributed by atoms with van der Waals surface area (Å²) in [6.07, 6.45) is 2.03. The molecule has 0 spiro atoms. The minimum atomic E-state index is 0.427. The Morgan fingerprint density at radius 3 is 2.67 bits per heavy atom. The van der Waals surface area contributed by atoms with E-state index >= 15 is 0 Å². The van der Waals surface area contributed by atoms with Gasteiger partial charge in [0.25, 0.3) is 0 Å². The molecule has 1 nitrogen and oxygen atoms in total. The molecule has 0 radical (unpaired) electrons. The molecule has 0 heterocycles. The van der Waals surface area contributed by atoms with E-state index in [2.05, 4.69) is 15.9 Å². The van der Waals surface area contributed by atoms with Crippen LogP contribution in [0.1, 0.15) is 5.56 Å². The van der Waals surface area contributed by atoms with Crippen molar-refractivity contribution < 1.29 is 4.74 Å². The van der Waals surface area contributed by atoms with Gasteiger partial charge in [0.1, 0.15) is 11.5 Å². The Hall–Kier alpha value is -0.640. The smallest absolute Gasteiger partial charge is 0.140 e. The topological polar surface area (TPSA) is 9.23 Å². The molecule has 4 heteroatoms. The highest BCUT2D eigenvalue weighted by atomic mass is 79.9. The van der Waals surface area contributed by atoms with Crippen molar-refractivity contribution in [2.45, 2.75) is 10.8 Å². The van der Waals surface area contributed by atoms with Crippen molar-refractivity contribution >= 4 is 39.3 Å². The molecule has 0 bridgehead atoms. The van der Waals surface area contributed by atoms with E-state index in [0.29, 0.717) is 5.88 Å². The van der Waals surface area contributed by atoms with Gasteiger partial charge in [-0.25, -0.2) is 0 Å². The third kappa shape index (κ3) is 3.22. The zero-order valence-electron chi connectivity index (χ0n) is 9.82. The third-order valence-electron chi connectivity index (χ3n) is 2.46. The third-order valence-corrected chi connectivity index (χ3v) is 4.01. The van der Waals surface area contributed by atoms with Gasteiger partial charge in [-0.1, -0.05) is 28.1 Å². The molecular formula is C14H12BrClOS. The van der Waals surface area contributed by atoms with Gasteiger partial charge in [-0.15, -0.1) is 23.4 Å². The van der Waals surface area contributed by atoms with E-state index in [9.17, 15) is 0 Å². The van der Waals surface area contributed by atoms with Crippen molar-refractivity contribution in [3.05, 3.63) is 52.5 Å². The summed E-state index contributed by atoms with van der Waals surface area (Å²) >= 11 is 11.0. The van der Waals surface area contributed by atoms with Crippen LogP contribution in [0, 0.1) is 0 Å². The van der Waals surface area contributed by atoms with E-state index in [4.69, 9.17) is 16.3 Å². The van der Waals surface area contributed by atoms with Crippen molar-refractivity contribution in [2.24, 2.45) is 0 Å². The molecular weight excluding hydrogens is 332 g/mol. The van der Waals surface area contributed by atoms with Crippen molar-refractivity contribution in [3.63, 3.8) is 0 Å². The maximum absolute atomic E-state index is 5.95. The lowest BCUT2D eigenvalue weighted by molar-refractivity contribution is 0.467. The maximum atomic E-state index is 5.95. The fourth-order valence-corrected chi connectivity index (χ4v) is 2.72. The van der Waals surface area contributed by atoms with Crippen LogP contribution in [0.3, 0.4) is 0 Å². The van der Waals surface area contributed by atoms with Crippen LogP contribution in [0.2, 0.25) is 0 Å². The van der Waals surface area contributed by atoms with E-state index in [0.717, 1.165) is 26.4 Å². The molecule has 0 aromatic heterocycles. The first kappa shape index (κ1) is 13.8. The number of hydrogen-bond acceptors (Lipinski definition) is 2. The quantitative estimate of drug-likeness (QED) is 0.520. The summed E-state index contributed by atoms with van der Waals surface area (Å²) in [7, 11) is 0. The number of thioether (sulfide) groups is 1. The number of ether oxygens (including phenoxy) is 1. The Morgan fingerprint density at radius 1 is 1.17 bits per heavy atom. The molecule has 0 unspecified atom stereocenters. The summed E-state index contributed by atoms with van der Waals surface area (Å²) in [6.45, 7) is 0. The Labute approximate surface area is 125 Å². The van der Waals surface area contributed by atoms with Gasteiger partial charge in [-0.05, 0) is 36.6 Å². The highest BCUT2D eigenvalue weighted by Gasteiger charge is 2.07. The van der Waals surface area contributed by atoms with Crippen LogP contribution in [0.4, 0.5) is 0 Å². The molecule has 2 aromatic carbocycles. The molecule has 0 N–H and O–H groups in total. The second-order valence-corrected chi connectivity index (χ2v) is 5.67. The highest BCUT2D eigenvalue weighted by molar-refractivity contribution is 9.10. The van der Waals surface area contributed by atoms with Crippen molar-refractivity contribution in [3.8, 4) is 11.5 Å². The Bertz CT molecular complexity index is 545. The summed E-state index contributed by atoms with van der Waals surface area (Å²) in [6, 6.07) is 13.8. The average Bonchev–Trinajstić information content (AvgIpc) is 2.41. The van der Waals surface area contributed by atoms with Crippen LogP contribution in [-0.4, -0.2) is 6.26 Å². The summed E-state index contributed by atoms with van der Waals surface area (Å²) in [5, 5.41) is 0. The Kier molecular flexibility index (Phi) is 4.98. The summed E-state index contributed by atoms with van der Waals surface area (Å²) in [4.78, 5) is 1.11. The first-order valence-corrected chi connectivity index (χ1v) is 7.95. The highest BCUT2D eigenvalue weighted by Crippen LogP contribution is 2.34. The normalized spacial score (nSPS) is 10.4.